The van der Waals surface area contributed by atoms with Gasteiger partial charge in [0.1, 0.15) is 5.82 Å². The van der Waals surface area contributed by atoms with Crippen LogP contribution in [0.2, 0.25) is 0 Å². The van der Waals surface area contributed by atoms with Crippen molar-refractivity contribution in [2.75, 3.05) is 31.2 Å². The summed E-state index contributed by atoms with van der Waals surface area (Å²) in [5, 5.41) is 5.09. The van der Waals surface area contributed by atoms with E-state index in [1.807, 2.05) is 38.2 Å². The number of benzene rings is 2. The molecule has 1 aromatic heterocycles. The highest BCUT2D eigenvalue weighted by molar-refractivity contribution is 6.05. The number of oxime groups is 1. The number of para-hydroxylation sites is 1. The topological polar surface area (TPSA) is 56.1 Å². The highest BCUT2D eigenvalue weighted by atomic mass is 16.7. The lowest BCUT2D eigenvalue weighted by Crippen LogP contribution is -2.37. The van der Waals surface area contributed by atoms with Crippen LogP contribution in [0.5, 0.6) is 0 Å². The summed E-state index contributed by atoms with van der Waals surface area (Å²) in [5.41, 5.74) is 3.54. The van der Waals surface area contributed by atoms with Crippen LogP contribution in [0, 0.1) is 6.92 Å². The van der Waals surface area contributed by atoms with Crippen LogP contribution < -0.4 is 4.90 Å². The quantitative estimate of drug-likeness (QED) is 0.397. The molecule has 0 unspecified atom stereocenters. The Morgan fingerprint density at radius 2 is 1.93 bits per heavy atom. The molecule has 0 amide bonds. The van der Waals surface area contributed by atoms with Gasteiger partial charge in [0, 0.05) is 31.1 Å². The molecular formula is C22H23N3O3. The van der Waals surface area contributed by atoms with E-state index in [1.165, 1.54) is 0 Å². The maximum atomic E-state index is 12.3. The Labute approximate surface area is 164 Å². The molecular weight excluding hydrogens is 354 g/mol. The Hall–Kier alpha value is -3.12. The number of aromatic nitrogens is 1. The van der Waals surface area contributed by atoms with Crippen LogP contribution in [0.3, 0.4) is 0 Å². The van der Waals surface area contributed by atoms with Crippen LogP contribution in [0.1, 0.15) is 21.5 Å². The third kappa shape index (κ3) is 3.51. The summed E-state index contributed by atoms with van der Waals surface area (Å²) in [6, 6.07) is 15.4. The van der Waals surface area contributed by atoms with Crippen LogP contribution in [-0.4, -0.2) is 43.1 Å². The number of fused-ring (bicyclic) bond motifs is 1. The molecule has 2 heterocycles. The minimum absolute atomic E-state index is 0.465. The van der Waals surface area contributed by atoms with Gasteiger partial charge in [-0.1, -0.05) is 41.1 Å². The van der Waals surface area contributed by atoms with Gasteiger partial charge in [0.25, 0.3) is 0 Å². The second kappa shape index (κ2) is 7.86. The van der Waals surface area contributed by atoms with Gasteiger partial charge in [0.05, 0.1) is 30.5 Å². The number of hydrogen-bond donors (Lipinski definition) is 0. The van der Waals surface area contributed by atoms with Crippen molar-refractivity contribution >= 4 is 28.9 Å². The number of morpholine rings is 1. The van der Waals surface area contributed by atoms with E-state index in [0.717, 1.165) is 40.9 Å². The van der Waals surface area contributed by atoms with Crippen molar-refractivity contribution in [3.05, 3.63) is 65.2 Å². The molecule has 6 nitrogen and oxygen atoms in total. The molecule has 0 bridgehead atoms. The number of carbonyl (C=O) groups excluding carboxylic acids is 1. The molecule has 0 atom stereocenters. The van der Waals surface area contributed by atoms with Crippen LogP contribution in [0.4, 0.5) is 5.82 Å². The predicted octanol–water partition coefficient (Wildman–Crippen LogP) is 3.51. The van der Waals surface area contributed by atoms with E-state index in [-0.39, 0.29) is 0 Å². The van der Waals surface area contributed by atoms with E-state index < -0.39 is 5.97 Å². The van der Waals surface area contributed by atoms with Gasteiger partial charge in [0.15, 0.2) is 0 Å². The van der Waals surface area contributed by atoms with Crippen LogP contribution in [0.15, 0.2) is 53.7 Å². The minimum atomic E-state index is -0.465. The molecule has 0 N–H and O–H groups in total. The van der Waals surface area contributed by atoms with Gasteiger partial charge in [-0.05, 0) is 25.1 Å². The van der Waals surface area contributed by atoms with Crippen LogP contribution >= 0.6 is 0 Å². The van der Waals surface area contributed by atoms with E-state index in [2.05, 4.69) is 26.8 Å². The fourth-order valence-corrected chi connectivity index (χ4v) is 3.65. The fourth-order valence-electron chi connectivity index (χ4n) is 3.65. The second-order valence-electron chi connectivity index (χ2n) is 6.90. The molecule has 0 spiro atoms. The summed E-state index contributed by atoms with van der Waals surface area (Å²) < 4.78 is 7.65. The standard InChI is InChI=1S/C22H23N3O3/c1-16-6-5-7-17(14-16)22(26)28-23-15-19-18-8-3-4-9-20(18)24(2)21(19)25-10-12-27-13-11-25/h3-9,14-15H,10-13H2,1-2H3. The van der Waals surface area contributed by atoms with E-state index in [9.17, 15) is 4.79 Å². The van der Waals surface area contributed by atoms with Gasteiger partial charge >= 0.3 is 5.97 Å². The molecule has 2 aromatic carbocycles. The fraction of sp³-hybridized carbons (Fsp3) is 0.273. The number of ether oxygens (including phenoxy) is 1. The molecule has 0 aliphatic carbocycles. The summed E-state index contributed by atoms with van der Waals surface area (Å²) >= 11 is 0. The summed E-state index contributed by atoms with van der Waals surface area (Å²) in [6.45, 7) is 4.95. The first-order chi connectivity index (χ1) is 13.6. The van der Waals surface area contributed by atoms with Gasteiger partial charge in [-0.3, -0.25) is 0 Å². The Kier molecular flexibility index (Phi) is 5.12. The van der Waals surface area contributed by atoms with Gasteiger partial charge in [0.2, 0.25) is 0 Å². The molecule has 28 heavy (non-hydrogen) atoms. The third-order valence-electron chi connectivity index (χ3n) is 5.00. The molecule has 1 aliphatic rings. The number of rotatable bonds is 4. The van der Waals surface area contributed by atoms with Crippen molar-refractivity contribution in [1.29, 1.82) is 0 Å². The summed E-state index contributed by atoms with van der Waals surface area (Å²) in [7, 11) is 2.04. The number of aryl methyl sites for hydroxylation is 2. The molecule has 0 radical (unpaired) electrons. The number of carbonyl (C=O) groups is 1. The van der Waals surface area contributed by atoms with Crippen molar-refractivity contribution in [1.82, 2.24) is 4.57 Å². The first-order valence-electron chi connectivity index (χ1n) is 9.36. The highest BCUT2D eigenvalue weighted by Gasteiger charge is 2.21. The Bertz CT molecular complexity index is 1030. The smallest absolute Gasteiger partial charge is 0.365 e. The number of nitrogens with zero attached hydrogens (tertiary/aromatic N) is 3. The largest absolute Gasteiger partial charge is 0.378 e. The Morgan fingerprint density at radius 3 is 2.71 bits per heavy atom. The molecule has 0 saturated carbocycles. The van der Waals surface area contributed by atoms with Gasteiger partial charge in [-0.25, -0.2) is 4.79 Å². The molecule has 1 aliphatic heterocycles. The summed E-state index contributed by atoms with van der Waals surface area (Å²) in [5.74, 6) is 0.591. The minimum Gasteiger partial charge on any atom is -0.378 e. The lowest BCUT2D eigenvalue weighted by Gasteiger charge is -2.29. The zero-order chi connectivity index (χ0) is 19.5. The zero-order valence-corrected chi connectivity index (χ0v) is 16.1. The van der Waals surface area contributed by atoms with Crippen molar-refractivity contribution < 1.29 is 14.4 Å². The van der Waals surface area contributed by atoms with Crippen molar-refractivity contribution in [3.63, 3.8) is 0 Å². The summed E-state index contributed by atoms with van der Waals surface area (Å²) in [6.07, 6.45) is 1.64. The van der Waals surface area contributed by atoms with E-state index in [0.29, 0.717) is 18.8 Å². The van der Waals surface area contributed by atoms with E-state index in [4.69, 9.17) is 9.57 Å². The average molecular weight is 377 g/mol. The van der Waals surface area contributed by atoms with Crippen molar-refractivity contribution in [2.45, 2.75) is 6.92 Å². The van der Waals surface area contributed by atoms with Crippen molar-refractivity contribution in [2.24, 2.45) is 12.2 Å². The van der Waals surface area contributed by atoms with Crippen LogP contribution in [-0.2, 0) is 16.6 Å². The predicted molar refractivity (Wildman–Crippen MR) is 110 cm³/mol. The number of hydrogen-bond acceptors (Lipinski definition) is 5. The Morgan fingerprint density at radius 1 is 1.14 bits per heavy atom. The molecule has 3 aromatic rings. The maximum Gasteiger partial charge on any atom is 0.365 e. The maximum absolute atomic E-state index is 12.3. The molecule has 1 saturated heterocycles. The first kappa shape index (κ1) is 18.3. The highest BCUT2D eigenvalue weighted by Crippen LogP contribution is 2.31. The Balaban J connectivity index is 1.65. The van der Waals surface area contributed by atoms with Crippen LogP contribution in [0.25, 0.3) is 10.9 Å². The lowest BCUT2D eigenvalue weighted by atomic mass is 10.1. The summed E-state index contributed by atoms with van der Waals surface area (Å²) in [4.78, 5) is 19.7. The third-order valence-corrected chi connectivity index (χ3v) is 5.00. The second-order valence-corrected chi connectivity index (χ2v) is 6.90. The molecule has 4 rings (SSSR count). The van der Waals surface area contributed by atoms with E-state index >= 15 is 0 Å². The monoisotopic (exact) mass is 377 g/mol. The molecule has 6 heteroatoms. The van der Waals surface area contributed by atoms with Gasteiger partial charge < -0.3 is 19.0 Å². The van der Waals surface area contributed by atoms with Gasteiger partial charge in [-0.2, -0.15) is 0 Å². The SMILES string of the molecule is Cc1cccc(C(=O)ON=Cc2c(N3CCOCC3)n(C)c3ccccc23)c1. The lowest BCUT2D eigenvalue weighted by molar-refractivity contribution is 0.0519. The molecule has 144 valence electrons. The first-order valence-corrected chi connectivity index (χ1v) is 9.36. The average Bonchev–Trinajstić information content (AvgIpc) is 3.01. The number of anilines is 1. The van der Waals surface area contributed by atoms with E-state index in [1.54, 1.807) is 18.3 Å². The zero-order valence-electron chi connectivity index (χ0n) is 16.1. The normalized spacial score (nSPS) is 14.7. The van der Waals surface area contributed by atoms with Crippen molar-refractivity contribution in [3.8, 4) is 0 Å². The van der Waals surface area contributed by atoms with Gasteiger partial charge in [-0.15, -0.1) is 0 Å². The molecule has 1 fully saturated rings.